The molecule has 0 atom stereocenters. The molecule has 0 aliphatic heterocycles. The first-order valence-electron chi connectivity index (χ1n) is 8.27. The molecule has 136 valence electrons. The van der Waals surface area contributed by atoms with Crippen LogP contribution < -0.4 is 10.4 Å². The first-order chi connectivity index (χ1) is 13.0. The molecule has 1 N–H and O–H groups in total. The van der Waals surface area contributed by atoms with Gasteiger partial charge in [-0.15, -0.1) is 0 Å². The standard InChI is InChI=1S/C20H17N3O4/c1-12-9-13(2)23-19(15(12)10-21)26-8-7-22-11-16-18(24)14-5-3-4-6-17(14)27-20(16)25/h3-6,9,11,24H,7-8H2,1-2H3. The molecule has 0 unspecified atom stereocenters. The fourth-order valence-corrected chi connectivity index (χ4v) is 2.66. The Balaban J connectivity index is 1.72. The summed E-state index contributed by atoms with van der Waals surface area (Å²) in [5.74, 6) is 0.0903. The van der Waals surface area contributed by atoms with Crippen LogP contribution in [0.25, 0.3) is 11.0 Å². The summed E-state index contributed by atoms with van der Waals surface area (Å²) >= 11 is 0. The highest BCUT2D eigenvalue weighted by atomic mass is 16.5. The van der Waals surface area contributed by atoms with E-state index in [2.05, 4.69) is 16.0 Å². The van der Waals surface area contributed by atoms with Crippen LogP contribution in [0.2, 0.25) is 0 Å². The van der Waals surface area contributed by atoms with Crippen molar-refractivity contribution in [1.82, 2.24) is 4.98 Å². The monoisotopic (exact) mass is 363 g/mol. The lowest BCUT2D eigenvalue weighted by Crippen LogP contribution is -2.09. The zero-order chi connectivity index (χ0) is 19.4. The van der Waals surface area contributed by atoms with Gasteiger partial charge in [0.25, 0.3) is 0 Å². The molecule has 0 spiro atoms. The maximum Gasteiger partial charge on any atom is 0.348 e. The highest BCUT2D eigenvalue weighted by Crippen LogP contribution is 2.24. The summed E-state index contributed by atoms with van der Waals surface area (Å²) in [6.45, 7) is 4.02. The molecule has 27 heavy (non-hydrogen) atoms. The molecule has 7 nitrogen and oxygen atoms in total. The Labute approximate surface area is 155 Å². The number of aromatic nitrogens is 1. The van der Waals surface area contributed by atoms with E-state index in [0.29, 0.717) is 16.5 Å². The second kappa shape index (κ2) is 7.70. The van der Waals surface area contributed by atoms with E-state index in [9.17, 15) is 15.2 Å². The smallest absolute Gasteiger partial charge is 0.348 e. The predicted molar refractivity (Wildman–Crippen MR) is 101 cm³/mol. The molecule has 0 aliphatic carbocycles. The van der Waals surface area contributed by atoms with E-state index in [1.807, 2.05) is 19.9 Å². The number of aromatic hydroxyl groups is 1. The summed E-state index contributed by atoms with van der Waals surface area (Å²) in [5.41, 5.74) is 1.56. The van der Waals surface area contributed by atoms with Crippen molar-refractivity contribution in [1.29, 1.82) is 5.26 Å². The van der Waals surface area contributed by atoms with Crippen LogP contribution in [0.5, 0.6) is 11.6 Å². The van der Waals surface area contributed by atoms with Crippen LogP contribution >= 0.6 is 0 Å². The number of aryl methyl sites for hydroxylation is 2. The fourth-order valence-electron chi connectivity index (χ4n) is 2.66. The van der Waals surface area contributed by atoms with E-state index < -0.39 is 5.63 Å². The lowest BCUT2D eigenvalue weighted by Gasteiger charge is -2.08. The Morgan fingerprint density at radius 2 is 2.15 bits per heavy atom. The largest absolute Gasteiger partial charge is 0.506 e. The van der Waals surface area contributed by atoms with Crippen LogP contribution in [0.15, 0.2) is 44.5 Å². The van der Waals surface area contributed by atoms with Crippen LogP contribution in [0, 0.1) is 25.2 Å². The van der Waals surface area contributed by atoms with Gasteiger partial charge in [-0.2, -0.15) is 5.26 Å². The molecule has 3 rings (SSSR count). The third-order valence-electron chi connectivity index (χ3n) is 3.92. The summed E-state index contributed by atoms with van der Waals surface area (Å²) in [4.78, 5) is 20.3. The van der Waals surface area contributed by atoms with Gasteiger partial charge in [0.1, 0.15) is 35.1 Å². The minimum Gasteiger partial charge on any atom is -0.506 e. The molecular formula is C20H17N3O4. The van der Waals surface area contributed by atoms with E-state index >= 15 is 0 Å². The average molecular weight is 363 g/mol. The SMILES string of the molecule is Cc1cc(C)c(C#N)c(OCCN=Cc2c(O)c3ccccc3oc2=O)n1. The van der Waals surface area contributed by atoms with Crippen molar-refractivity contribution in [2.75, 3.05) is 13.2 Å². The summed E-state index contributed by atoms with van der Waals surface area (Å²) in [5, 5.41) is 19.9. The van der Waals surface area contributed by atoms with E-state index in [0.717, 1.165) is 11.3 Å². The minimum atomic E-state index is -0.668. The maximum atomic E-state index is 12.0. The molecule has 3 aromatic rings. The number of benzene rings is 1. The highest BCUT2D eigenvalue weighted by molar-refractivity contribution is 5.93. The molecule has 0 saturated heterocycles. The Kier molecular flexibility index (Phi) is 5.18. The van der Waals surface area contributed by atoms with E-state index in [1.165, 1.54) is 6.21 Å². The van der Waals surface area contributed by atoms with Crippen molar-refractivity contribution in [3.63, 3.8) is 0 Å². The van der Waals surface area contributed by atoms with Crippen molar-refractivity contribution < 1.29 is 14.3 Å². The number of rotatable bonds is 5. The Bertz CT molecular complexity index is 1130. The molecule has 0 amide bonds. The van der Waals surface area contributed by atoms with Crippen molar-refractivity contribution >= 4 is 17.2 Å². The topological polar surface area (TPSA) is 109 Å². The van der Waals surface area contributed by atoms with Crippen molar-refractivity contribution in [3.8, 4) is 17.7 Å². The number of pyridine rings is 1. The summed E-state index contributed by atoms with van der Waals surface area (Å²) < 4.78 is 10.7. The molecule has 0 radical (unpaired) electrons. The molecule has 0 aliphatic rings. The molecule has 2 heterocycles. The van der Waals surface area contributed by atoms with Crippen molar-refractivity contribution in [2.24, 2.45) is 4.99 Å². The highest BCUT2D eigenvalue weighted by Gasteiger charge is 2.12. The summed E-state index contributed by atoms with van der Waals surface area (Å²) in [6.07, 6.45) is 1.26. The van der Waals surface area contributed by atoms with Gasteiger partial charge < -0.3 is 14.3 Å². The quantitative estimate of drug-likeness (QED) is 0.424. The van der Waals surface area contributed by atoms with Crippen molar-refractivity contribution in [3.05, 3.63) is 63.1 Å². The summed E-state index contributed by atoms with van der Waals surface area (Å²) in [6, 6.07) is 10.6. The van der Waals surface area contributed by atoms with Crippen LogP contribution in [0.1, 0.15) is 22.4 Å². The lowest BCUT2D eigenvalue weighted by molar-refractivity contribution is 0.314. The summed E-state index contributed by atoms with van der Waals surface area (Å²) in [7, 11) is 0. The predicted octanol–water partition coefficient (Wildman–Crippen LogP) is 2.88. The molecule has 7 heteroatoms. The van der Waals surface area contributed by atoms with E-state index in [-0.39, 0.29) is 30.3 Å². The number of aliphatic imine (C=N–C) groups is 1. The van der Waals surface area contributed by atoms with Crippen LogP contribution in [0.3, 0.4) is 0 Å². The van der Waals surface area contributed by atoms with E-state index in [1.54, 1.807) is 24.3 Å². The third-order valence-corrected chi connectivity index (χ3v) is 3.92. The fraction of sp³-hybridized carbons (Fsp3) is 0.200. The third kappa shape index (κ3) is 3.80. The van der Waals surface area contributed by atoms with Gasteiger partial charge in [-0.3, -0.25) is 4.99 Å². The zero-order valence-corrected chi connectivity index (χ0v) is 14.9. The van der Waals surface area contributed by atoms with Gasteiger partial charge in [0, 0.05) is 11.9 Å². The average Bonchev–Trinajstić information content (AvgIpc) is 2.63. The van der Waals surface area contributed by atoms with Crippen LogP contribution in [0.4, 0.5) is 0 Å². The number of ether oxygens (including phenoxy) is 1. The van der Waals surface area contributed by atoms with Crippen LogP contribution in [-0.4, -0.2) is 29.5 Å². The molecule has 1 aromatic carbocycles. The lowest BCUT2D eigenvalue weighted by atomic mass is 10.1. The van der Waals surface area contributed by atoms with Gasteiger partial charge in [-0.1, -0.05) is 12.1 Å². The molecule has 0 bridgehead atoms. The first kappa shape index (κ1) is 18.1. The molecular weight excluding hydrogens is 346 g/mol. The number of nitriles is 1. The number of nitrogens with zero attached hydrogens (tertiary/aromatic N) is 3. The Morgan fingerprint density at radius 3 is 2.93 bits per heavy atom. The number of para-hydroxylation sites is 1. The van der Waals surface area contributed by atoms with Gasteiger partial charge in [0.2, 0.25) is 5.88 Å². The minimum absolute atomic E-state index is 0.0176. The van der Waals surface area contributed by atoms with Gasteiger partial charge >= 0.3 is 5.63 Å². The zero-order valence-electron chi connectivity index (χ0n) is 14.9. The first-order valence-corrected chi connectivity index (χ1v) is 8.27. The van der Waals surface area contributed by atoms with E-state index in [4.69, 9.17) is 9.15 Å². The molecule has 2 aromatic heterocycles. The van der Waals surface area contributed by atoms with Gasteiger partial charge in [0.15, 0.2) is 0 Å². The number of fused-ring (bicyclic) bond motifs is 1. The van der Waals surface area contributed by atoms with Gasteiger partial charge in [-0.05, 0) is 37.6 Å². The van der Waals surface area contributed by atoms with Crippen molar-refractivity contribution in [2.45, 2.75) is 13.8 Å². The number of hydrogen-bond acceptors (Lipinski definition) is 7. The number of hydrogen-bond donors (Lipinski definition) is 1. The Morgan fingerprint density at radius 1 is 1.37 bits per heavy atom. The second-order valence-electron chi connectivity index (χ2n) is 5.90. The maximum absolute atomic E-state index is 12.0. The molecule has 0 fully saturated rings. The second-order valence-corrected chi connectivity index (χ2v) is 5.90. The van der Waals surface area contributed by atoms with Gasteiger partial charge in [-0.25, -0.2) is 9.78 Å². The van der Waals surface area contributed by atoms with Gasteiger partial charge in [0.05, 0.1) is 11.9 Å². The molecule has 0 saturated carbocycles. The Hall–Kier alpha value is -3.66. The normalized spacial score (nSPS) is 11.0. The van der Waals surface area contributed by atoms with Crippen LogP contribution in [-0.2, 0) is 0 Å².